The van der Waals surface area contributed by atoms with Crippen LogP contribution >= 0.6 is 27.5 Å². The Morgan fingerprint density at radius 1 is 1.32 bits per heavy atom. The molecule has 0 bridgehead atoms. The Morgan fingerprint density at radius 3 is 2.76 bits per heavy atom. The summed E-state index contributed by atoms with van der Waals surface area (Å²) in [6, 6.07) is 8.49. The molecule has 0 unspecified atom stereocenters. The zero-order valence-electron chi connectivity index (χ0n) is 13.0. The molecule has 0 atom stereocenters. The molecular formula is C15H16BrClN4O3S. The number of nitrogen functional groups attached to an aromatic ring is 1. The van der Waals surface area contributed by atoms with Gasteiger partial charge in [-0.15, -0.1) is 0 Å². The standard InChI is InChI=1S/C15H16BrClN4O3S/c16-11-7-13(15(18)20-9-11)25(23,24)21-6-5-14(22)19-8-10-3-1-2-4-12(10)17/h1-4,7,9,21H,5-6,8H2,(H2,18,20)(H,19,22). The van der Waals surface area contributed by atoms with Crippen LogP contribution in [0, 0.1) is 0 Å². The van der Waals surface area contributed by atoms with Crippen molar-refractivity contribution in [1.29, 1.82) is 0 Å². The number of halogens is 2. The van der Waals surface area contributed by atoms with Gasteiger partial charge in [0.25, 0.3) is 0 Å². The quantitative estimate of drug-likeness (QED) is 0.601. The summed E-state index contributed by atoms with van der Waals surface area (Å²) in [6.45, 7) is 0.205. The number of aromatic nitrogens is 1. The molecule has 10 heteroatoms. The van der Waals surface area contributed by atoms with Gasteiger partial charge in [-0.05, 0) is 33.6 Å². The number of amides is 1. The minimum Gasteiger partial charge on any atom is -0.383 e. The maximum absolute atomic E-state index is 12.2. The number of sulfonamides is 1. The summed E-state index contributed by atoms with van der Waals surface area (Å²) in [5.74, 6) is -0.415. The third-order valence-electron chi connectivity index (χ3n) is 3.22. The van der Waals surface area contributed by atoms with E-state index >= 15 is 0 Å². The van der Waals surface area contributed by atoms with E-state index in [0.717, 1.165) is 5.56 Å². The highest BCUT2D eigenvalue weighted by atomic mass is 79.9. The number of carbonyl (C=O) groups is 1. The second-order valence-electron chi connectivity index (χ2n) is 5.05. The number of pyridine rings is 1. The fourth-order valence-electron chi connectivity index (χ4n) is 1.95. The molecule has 1 aromatic heterocycles. The van der Waals surface area contributed by atoms with Gasteiger partial charge in [-0.25, -0.2) is 18.1 Å². The van der Waals surface area contributed by atoms with Gasteiger partial charge in [0, 0.05) is 35.2 Å². The van der Waals surface area contributed by atoms with Crippen molar-refractivity contribution in [2.24, 2.45) is 0 Å². The molecule has 0 aliphatic heterocycles. The van der Waals surface area contributed by atoms with Gasteiger partial charge >= 0.3 is 0 Å². The van der Waals surface area contributed by atoms with Crippen LogP contribution in [0.2, 0.25) is 5.02 Å². The number of nitrogens with one attached hydrogen (secondary N) is 2. The van der Waals surface area contributed by atoms with E-state index in [2.05, 4.69) is 31.0 Å². The second-order valence-corrected chi connectivity index (χ2v) is 8.11. The maximum Gasteiger partial charge on any atom is 0.244 e. The van der Waals surface area contributed by atoms with Crippen molar-refractivity contribution in [2.45, 2.75) is 17.9 Å². The molecule has 1 aromatic carbocycles. The monoisotopic (exact) mass is 446 g/mol. The van der Waals surface area contributed by atoms with Crippen molar-refractivity contribution in [3.05, 3.63) is 51.6 Å². The Balaban J connectivity index is 1.86. The lowest BCUT2D eigenvalue weighted by molar-refractivity contribution is -0.121. The molecule has 25 heavy (non-hydrogen) atoms. The van der Waals surface area contributed by atoms with Gasteiger partial charge in [0.05, 0.1) is 0 Å². The molecule has 2 rings (SSSR count). The Hall–Kier alpha value is -1.68. The second kappa shape index (κ2) is 8.61. The van der Waals surface area contributed by atoms with Crippen LogP contribution in [-0.2, 0) is 21.4 Å². The molecule has 0 saturated heterocycles. The summed E-state index contributed by atoms with van der Waals surface area (Å²) in [6.07, 6.45) is 1.38. The lowest BCUT2D eigenvalue weighted by Gasteiger charge is -2.10. The van der Waals surface area contributed by atoms with E-state index in [4.69, 9.17) is 17.3 Å². The molecule has 0 aliphatic rings. The van der Waals surface area contributed by atoms with E-state index in [1.807, 2.05) is 6.07 Å². The van der Waals surface area contributed by atoms with Crippen LogP contribution in [0.25, 0.3) is 0 Å². The summed E-state index contributed by atoms with van der Waals surface area (Å²) in [5.41, 5.74) is 6.37. The van der Waals surface area contributed by atoms with Gasteiger partial charge in [0.2, 0.25) is 15.9 Å². The number of benzene rings is 1. The first-order valence-corrected chi connectivity index (χ1v) is 9.86. The molecular weight excluding hydrogens is 432 g/mol. The summed E-state index contributed by atoms with van der Waals surface area (Å²) >= 11 is 9.15. The molecule has 0 spiro atoms. The third kappa shape index (κ3) is 5.67. The van der Waals surface area contributed by atoms with Gasteiger partial charge in [-0.1, -0.05) is 29.8 Å². The van der Waals surface area contributed by atoms with E-state index < -0.39 is 10.0 Å². The van der Waals surface area contributed by atoms with Crippen LogP contribution in [0.1, 0.15) is 12.0 Å². The highest BCUT2D eigenvalue weighted by Crippen LogP contribution is 2.20. The van der Waals surface area contributed by atoms with Crippen LogP contribution < -0.4 is 15.8 Å². The number of nitrogens with zero attached hydrogens (tertiary/aromatic N) is 1. The van der Waals surface area contributed by atoms with Gasteiger partial charge in [-0.2, -0.15) is 0 Å². The van der Waals surface area contributed by atoms with Gasteiger partial charge in [-0.3, -0.25) is 4.79 Å². The first kappa shape index (κ1) is 19.6. The zero-order chi connectivity index (χ0) is 18.4. The largest absolute Gasteiger partial charge is 0.383 e. The lowest BCUT2D eigenvalue weighted by Crippen LogP contribution is -2.31. The molecule has 0 saturated carbocycles. The van der Waals surface area contributed by atoms with E-state index in [9.17, 15) is 13.2 Å². The van der Waals surface area contributed by atoms with Crippen LogP contribution in [0.15, 0.2) is 45.9 Å². The minimum atomic E-state index is -3.85. The van der Waals surface area contributed by atoms with Gasteiger partial charge in [0.15, 0.2) is 0 Å². The van der Waals surface area contributed by atoms with E-state index in [1.54, 1.807) is 18.2 Å². The number of hydrogen-bond acceptors (Lipinski definition) is 5. The Kier molecular flexibility index (Phi) is 6.77. The van der Waals surface area contributed by atoms with Crippen molar-refractivity contribution < 1.29 is 13.2 Å². The number of anilines is 1. The number of rotatable bonds is 7. The average molecular weight is 448 g/mol. The molecule has 0 aliphatic carbocycles. The SMILES string of the molecule is Nc1ncc(Br)cc1S(=O)(=O)NCCC(=O)NCc1ccccc1Cl. The maximum atomic E-state index is 12.2. The van der Waals surface area contributed by atoms with E-state index in [1.165, 1.54) is 12.3 Å². The fourth-order valence-corrected chi connectivity index (χ4v) is 3.77. The molecule has 0 fully saturated rings. The molecule has 4 N–H and O–H groups in total. The Morgan fingerprint density at radius 2 is 2.04 bits per heavy atom. The molecule has 0 radical (unpaired) electrons. The fraction of sp³-hybridized carbons (Fsp3) is 0.200. The smallest absolute Gasteiger partial charge is 0.244 e. The van der Waals surface area contributed by atoms with Gasteiger partial charge < -0.3 is 11.1 Å². The third-order valence-corrected chi connectivity index (χ3v) is 5.51. The first-order chi connectivity index (χ1) is 11.8. The first-order valence-electron chi connectivity index (χ1n) is 7.20. The topological polar surface area (TPSA) is 114 Å². The zero-order valence-corrected chi connectivity index (χ0v) is 16.2. The number of carbonyl (C=O) groups excluding carboxylic acids is 1. The molecule has 1 amide bonds. The number of hydrogen-bond donors (Lipinski definition) is 3. The van der Waals surface area contributed by atoms with Crippen LogP contribution in [0.5, 0.6) is 0 Å². The minimum absolute atomic E-state index is 0.0228. The summed E-state index contributed by atoms with van der Waals surface area (Å²) in [5, 5.41) is 3.24. The molecule has 7 nitrogen and oxygen atoms in total. The van der Waals surface area contributed by atoms with Crippen molar-refractivity contribution in [1.82, 2.24) is 15.0 Å². The number of nitrogens with two attached hydrogens (primary N) is 1. The van der Waals surface area contributed by atoms with Crippen LogP contribution in [-0.4, -0.2) is 25.9 Å². The Bertz CT molecular complexity index is 877. The van der Waals surface area contributed by atoms with Crippen LogP contribution in [0.3, 0.4) is 0 Å². The lowest BCUT2D eigenvalue weighted by atomic mass is 10.2. The van der Waals surface area contributed by atoms with Crippen LogP contribution in [0.4, 0.5) is 5.82 Å². The van der Waals surface area contributed by atoms with Crippen molar-refractivity contribution in [2.75, 3.05) is 12.3 Å². The Labute approximate surface area is 159 Å². The highest BCUT2D eigenvalue weighted by molar-refractivity contribution is 9.10. The van der Waals surface area contributed by atoms with Crippen molar-refractivity contribution >= 4 is 49.3 Å². The van der Waals surface area contributed by atoms with E-state index in [-0.39, 0.29) is 36.1 Å². The average Bonchev–Trinajstić information content (AvgIpc) is 2.56. The summed E-state index contributed by atoms with van der Waals surface area (Å²) < 4.78 is 27.2. The molecule has 2 aromatic rings. The molecule has 1 heterocycles. The normalized spacial score (nSPS) is 11.3. The predicted molar refractivity (Wildman–Crippen MR) is 99.5 cm³/mol. The predicted octanol–water partition coefficient (Wildman–Crippen LogP) is 2.06. The van der Waals surface area contributed by atoms with Gasteiger partial charge in [0.1, 0.15) is 10.7 Å². The van der Waals surface area contributed by atoms with Crippen molar-refractivity contribution in [3.8, 4) is 0 Å². The summed E-state index contributed by atoms with van der Waals surface area (Å²) in [4.78, 5) is 15.5. The highest BCUT2D eigenvalue weighted by Gasteiger charge is 2.19. The summed E-state index contributed by atoms with van der Waals surface area (Å²) in [7, 11) is -3.85. The van der Waals surface area contributed by atoms with Crippen molar-refractivity contribution in [3.63, 3.8) is 0 Å². The van der Waals surface area contributed by atoms with E-state index in [0.29, 0.717) is 9.50 Å². The molecule has 134 valence electrons.